The number of benzene rings is 3. The van der Waals surface area contributed by atoms with E-state index in [0.29, 0.717) is 18.7 Å². The standard InChI is InChI=1S/C21H18N3O/c22-23-20-14-8-7-13-19(20)21(25)24(15-17-9-3-1-4-10-17)16-18-11-5-2-6-12-18/h1-14H,15-16H2/q+1. The highest BCUT2D eigenvalue weighted by Crippen LogP contribution is 2.22. The van der Waals surface area contributed by atoms with Crippen LogP contribution >= 0.6 is 0 Å². The fraction of sp³-hybridized carbons (Fsp3) is 0.0952. The fourth-order valence-corrected chi connectivity index (χ4v) is 2.72. The molecule has 1 amide bonds. The number of hydrogen-bond donors (Lipinski definition) is 0. The van der Waals surface area contributed by atoms with Gasteiger partial charge in [-0.05, 0) is 17.2 Å². The van der Waals surface area contributed by atoms with E-state index in [4.69, 9.17) is 0 Å². The summed E-state index contributed by atoms with van der Waals surface area (Å²) < 4.78 is 0. The lowest BCUT2D eigenvalue weighted by Gasteiger charge is -2.22. The van der Waals surface area contributed by atoms with Crippen molar-refractivity contribution < 1.29 is 4.79 Å². The van der Waals surface area contributed by atoms with Crippen molar-refractivity contribution in [3.05, 3.63) is 107 Å². The monoisotopic (exact) mass is 328 g/mol. The van der Waals surface area contributed by atoms with Gasteiger partial charge in [0, 0.05) is 19.2 Å². The van der Waals surface area contributed by atoms with Crippen LogP contribution in [0.2, 0.25) is 0 Å². The zero-order valence-corrected chi connectivity index (χ0v) is 13.7. The highest BCUT2D eigenvalue weighted by molar-refractivity contribution is 5.99. The van der Waals surface area contributed by atoms with Gasteiger partial charge in [-0.3, -0.25) is 4.79 Å². The average molecular weight is 328 g/mol. The number of amides is 1. The van der Waals surface area contributed by atoms with Gasteiger partial charge in [-0.1, -0.05) is 72.8 Å². The van der Waals surface area contributed by atoms with Gasteiger partial charge >= 0.3 is 5.69 Å². The molecule has 0 aliphatic carbocycles. The first-order chi connectivity index (χ1) is 12.3. The summed E-state index contributed by atoms with van der Waals surface area (Å²) in [5.74, 6) is -0.166. The normalized spacial score (nSPS) is 10.0. The van der Waals surface area contributed by atoms with E-state index >= 15 is 0 Å². The second kappa shape index (κ2) is 7.89. The highest BCUT2D eigenvalue weighted by Gasteiger charge is 2.24. The van der Waals surface area contributed by atoms with Crippen LogP contribution in [0.15, 0.2) is 84.9 Å². The third-order valence-corrected chi connectivity index (χ3v) is 3.96. The van der Waals surface area contributed by atoms with E-state index in [1.807, 2.05) is 60.7 Å². The zero-order chi connectivity index (χ0) is 17.5. The Morgan fingerprint density at radius 1 is 0.760 bits per heavy atom. The first kappa shape index (κ1) is 16.4. The van der Waals surface area contributed by atoms with E-state index in [0.717, 1.165) is 11.1 Å². The Labute approximate surface area is 147 Å². The van der Waals surface area contributed by atoms with Crippen LogP contribution in [0.25, 0.3) is 4.98 Å². The molecule has 3 rings (SSSR count). The first-order valence-electron chi connectivity index (χ1n) is 8.09. The van der Waals surface area contributed by atoms with Crippen molar-refractivity contribution in [3.63, 3.8) is 0 Å². The Morgan fingerprint density at radius 2 is 1.24 bits per heavy atom. The zero-order valence-electron chi connectivity index (χ0n) is 13.7. The number of carbonyl (C=O) groups is 1. The van der Waals surface area contributed by atoms with Crippen molar-refractivity contribution >= 4 is 11.6 Å². The minimum Gasteiger partial charge on any atom is -0.330 e. The third-order valence-electron chi connectivity index (χ3n) is 3.96. The third kappa shape index (κ3) is 4.10. The number of rotatable bonds is 5. The predicted octanol–water partition coefficient (Wildman–Crippen LogP) is 5.01. The molecule has 0 radical (unpaired) electrons. The molecule has 3 aromatic rings. The average Bonchev–Trinajstić information content (AvgIpc) is 2.68. The molecule has 0 aromatic heterocycles. The fourth-order valence-electron chi connectivity index (χ4n) is 2.72. The molecule has 0 unspecified atom stereocenters. The Morgan fingerprint density at radius 3 is 1.76 bits per heavy atom. The van der Waals surface area contributed by atoms with Gasteiger partial charge in [0.2, 0.25) is 5.39 Å². The molecule has 3 aromatic carbocycles. The minimum atomic E-state index is -0.166. The highest BCUT2D eigenvalue weighted by atomic mass is 16.2. The van der Waals surface area contributed by atoms with Crippen LogP contribution in [0.1, 0.15) is 21.5 Å². The maximum Gasteiger partial charge on any atom is 0.397 e. The quantitative estimate of drug-likeness (QED) is 0.618. The minimum absolute atomic E-state index is 0.166. The van der Waals surface area contributed by atoms with Crippen LogP contribution in [-0.2, 0) is 13.1 Å². The molecule has 0 spiro atoms. The molecule has 4 nitrogen and oxygen atoms in total. The number of carbonyl (C=O) groups excluding carboxylic acids is 1. The van der Waals surface area contributed by atoms with Crippen LogP contribution in [0.5, 0.6) is 0 Å². The molecule has 0 aliphatic rings. The van der Waals surface area contributed by atoms with Crippen LogP contribution in [-0.4, -0.2) is 10.8 Å². The van der Waals surface area contributed by atoms with E-state index in [1.165, 1.54) is 0 Å². The lowest BCUT2D eigenvalue weighted by molar-refractivity contribution is 0.0731. The second-order valence-electron chi connectivity index (χ2n) is 5.75. The maximum absolute atomic E-state index is 13.1. The molecule has 0 atom stereocenters. The van der Waals surface area contributed by atoms with Crippen molar-refractivity contribution in [3.8, 4) is 0 Å². The van der Waals surface area contributed by atoms with E-state index in [1.54, 1.807) is 29.2 Å². The summed E-state index contributed by atoms with van der Waals surface area (Å²) in [5.41, 5.74) is 2.76. The number of diazo groups is 1. The topological polar surface area (TPSA) is 48.5 Å². The molecule has 4 heteroatoms. The molecular weight excluding hydrogens is 310 g/mol. The first-order valence-corrected chi connectivity index (χ1v) is 8.09. The van der Waals surface area contributed by atoms with Gasteiger partial charge in [0.15, 0.2) is 4.98 Å². The summed E-state index contributed by atoms with van der Waals surface area (Å²) in [6.07, 6.45) is 0. The van der Waals surface area contributed by atoms with Gasteiger partial charge in [-0.15, -0.1) is 0 Å². The van der Waals surface area contributed by atoms with Gasteiger partial charge in [0.05, 0.1) is 0 Å². The lowest BCUT2D eigenvalue weighted by atomic mass is 10.1. The van der Waals surface area contributed by atoms with E-state index in [9.17, 15) is 10.2 Å². The van der Waals surface area contributed by atoms with Crippen molar-refractivity contribution in [2.45, 2.75) is 13.1 Å². The van der Waals surface area contributed by atoms with Gasteiger partial charge in [0.1, 0.15) is 5.56 Å². The summed E-state index contributed by atoms with van der Waals surface area (Å²) in [7, 11) is 0. The molecule has 0 fully saturated rings. The molecular formula is C21H18N3O+. The molecule has 0 bridgehead atoms. The molecule has 0 saturated heterocycles. The Balaban J connectivity index is 1.92. The van der Waals surface area contributed by atoms with Crippen LogP contribution in [0.3, 0.4) is 0 Å². The Bertz CT molecular complexity index is 844. The Kier molecular flexibility index (Phi) is 5.18. The maximum atomic E-state index is 13.1. The molecule has 0 heterocycles. The summed E-state index contributed by atoms with van der Waals surface area (Å²) >= 11 is 0. The SMILES string of the molecule is N#[N+]c1ccccc1C(=O)N(Cc1ccccc1)Cc1ccccc1. The van der Waals surface area contributed by atoms with Crippen LogP contribution in [0, 0.1) is 5.39 Å². The largest absolute Gasteiger partial charge is 0.397 e. The van der Waals surface area contributed by atoms with Crippen LogP contribution < -0.4 is 0 Å². The van der Waals surface area contributed by atoms with Gasteiger partial charge < -0.3 is 4.90 Å². The summed E-state index contributed by atoms with van der Waals surface area (Å²) in [4.78, 5) is 18.1. The van der Waals surface area contributed by atoms with Gasteiger partial charge in [-0.25, -0.2) is 0 Å². The van der Waals surface area contributed by atoms with E-state index in [-0.39, 0.29) is 11.6 Å². The summed E-state index contributed by atoms with van der Waals surface area (Å²) in [6, 6.07) is 26.5. The second-order valence-corrected chi connectivity index (χ2v) is 5.75. The van der Waals surface area contributed by atoms with Crippen molar-refractivity contribution in [1.29, 1.82) is 5.39 Å². The van der Waals surface area contributed by atoms with Crippen molar-refractivity contribution in [2.75, 3.05) is 0 Å². The van der Waals surface area contributed by atoms with Crippen molar-refractivity contribution in [1.82, 2.24) is 4.90 Å². The molecule has 0 saturated carbocycles. The smallest absolute Gasteiger partial charge is 0.330 e. The van der Waals surface area contributed by atoms with Crippen LogP contribution in [0.4, 0.5) is 5.69 Å². The number of nitrogens with zero attached hydrogens (tertiary/aromatic N) is 3. The van der Waals surface area contributed by atoms with Crippen molar-refractivity contribution in [2.24, 2.45) is 0 Å². The number of hydrogen-bond acceptors (Lipinski definition) is 2. The summed E-state index contributed by atoms with van der Waals surface area (Å²) in [5, 5.41) is 9.18. The molecule has 0 N–H and O–H groups in total. The lowest BCUT2D eigenvalue weighted by Crippen LogP contribution is -2.30. The van der Waals surface area contributed by atoms with E-state index < -0.39 is 0 Å². The molecule has 25 heavy (non-hydrogen) atoms. The van der Waals surface area contributed by atoms with Gasteiger partial charge in [0.25, 0.3) is 5.91 Å². The summed E-state index contributed by atoms with van der Waals surface area (Å²) in [6.45, 7) is 0.961. The van der Waals surface area contributed by atoms with E-state index in [2.05, 4.69) is 4.98 Å². The predicted molar refractivity (Wildman–Crippen MR) is 97.6 cm³/mol. The van der Waals surface area contributed by atoms with Gasteiger partial charge in [-0.2, -0.15) is 0 Å². The Hall–Kier alpha value is -3.45. The molecule has 0 aliphatic heterocycles. The molecule has 122 valence electrons.